The van der Waals surface area contributed by atoms with Crippen LogP contribution in [0.15, 0.2) is 36.5 Å². The maximum Gasteiger partial charge on any atom is 0.306 e. The lowest BCUT2D eigenvalue weighted by molar-refractivity contribution is -0.167. The summed E-state index contributed by atoms with van der Waals surface area (Å²) in [6.45, 7) is 6.67. The fourth-order valence-corrected chi connectivity index (χ4v) is 9.31. The Balaban J connectivity index is 4.35. The van der Waals surface area contributed by atoms with Crippen LogP contribution in [0.2, 0.25) is 0 Å². The van der Waals surface area contributed by atoms with Gasteiger partial charge in [0, 0.05) is 19.3 Å². The zero-order chi connectivity index (χ0) is 51.4. The Hall–Kier alpha value is -2.37. The number of allylic oxidation sites excluding steroid dienone is 6. The standard InChI is InChI=1S/C65H120O6/c1-4-7-10-13-16-19-22-25-28-31-32-35-37-40-43-46-49-52-55-58-64(67)70-61-62(71-65(68)59-56-53-50-47-44-41-38-34-30-27-24-21-18-15-12-9-6-3)60-69-63(66)57-54-51-48-45-42-39-36-33-29-26-23-20-17-14-11-8-5-2/h25-30,62H,4-24,31-61H2,1-3H3/b28-25-,29-26-,30-27-. The Kier molecular flexibility index (Phi) is 58.2. The van der Waals surface area contributed by atoms with Crippen molar-refractivity contribution in [3.63, 3.8) is 0 Å². The van der Waals surface area contributed by atoms with Gasteiger partial charge in [-0.25, -0.2) is 0 Å². The van der Waals surface area contributed by atoms with Gasteiger partial charge < -0.3 is 14.2 Å². The summed E-state index contributed by atoms with van der Waals surface area (Å²) < 4.78 is 16.9. The van der Waals surface area contributed by atoms with Gasteiger partial charge in [0.25, 0.3) is 0 Å². The van der Waals surface area contributed by atoms with Crippen LogP contribution >= 0.6 is 0 Å². The van der Waals surface area contributed by atoms with Crippen molar-refractivity contribution >= 4 is 17.9 Å². The van der Waals surface area contributed by atoms with E-state index in [-0.39, 0.29) is 31.1 Å². The molecule has 0 saturated heterocycles. The van der Waals surface area contributed by atoms with Gasteiger partial charge in [-0.15, -0.1) is 0 Å². The quantitative estimate of drug-likeness (QED) is 0.0261. The van der Waals surface area contributed by atoms with Gasteiger partial charge in [-0.2, -0.15) is 0 Å². The van der Waals surface area contributed by atoms with Gasteiger partial charge in [0.2, 0.25) is 0 Å². The first-order valence-electron chi connectivity index (χ1n) is 31.5. The van der Waals surface area contributed by atoms with Crippen LogP contribution in [0.4, 0.5) is 0 Å². The highest BCUT2D eigenvalue weighted by Crippen LogP contribution is 2.16. The minimum absolute atomic E-state index is 0.0735. The number of unbranched alkanes of at least 4 members (excludes halogenated alkanes) is 41. The van der Waals surface area contributed by atoms with Crippen molar-refractivity contribution < 1.29 is 28.6 Å². The number of hydrogen-bond donors (Lipinski definition) is 0. The molecule has 0 aromatic rings. The molecule has 0 rings (SSSR count). The molecule has 0 amide bonds. The fraction of sp³-hybridized carbons (Fsp3) is 0.862. The Bertz CT molecular complexity index is 1190. The van der Waals surface area contributed by atoms with Gasteiger partial charge >= 0.3 is 17.9 Å². The molecule has 0 N–H and O–H groups in total. The van der Waals surface area contributed by atoms with E-state index >= 15 is 0 Å². The monoisotopic (exact) mass is 997 g/mol. The molecule has 0 radical (unpaired) electrons. The lowest BCUT2D eigenvalue weighted by atomic mass is 10.1. The van der Waals surface area contributed by atoms with E-state index in [4.69, 9.17) is 14.2 Å². The lowest BCUT2D eigenvalue weighted by Crippen LogP contribution is -2.30. The normalized spacial score (nSPS) is 12.2. The van der Waals surface area contributed by atoms with Crippen LogP contribution in [0.3, 0.4) is 0 Å². The maximum absolute atomic E-state index is 12.9. The fourth-order valence-electron chi connectivity index (χ4n) is 9.31. The molecule has 1 atom stereocenters. The van der Waals surface area contributed by atoms with Crippen LogP contribution in [0.5, 0.6) is 0 Å². The molecule has 0 heterocycles. The number of hydrogen-bond acceptors (Lipinski definition) is 6. The van der Waals surface area contributed by atoms with E-state index in [1.165, 1.54) is 244 Å². The van der Waals surface area contributed by atoms with Crippen LogP contribution in [-0.4, -0.2) is 37.2 Å². The van der Waals surface area contributed by atoms with E-state index in [0.717, 1.165) is 57.8 Å². The van der Waals surface area contributed by atoms with Gasteiger partial charge in [0.1, 0.15) is 13.2 Å². The molecule has 416 valence electrons. The van der Waals surface area contributed by atoms with E-state index in [1.54, 1.807) is 0 Å². The number of carbonyl (C=O) groups is 3. The average molecular weight is 998 g/mol. The Morgan fingerprint density at radius 2 is 0.465 bits per heavy atom. The second-order valence-corrected chi connectivity index (χ2v) is 21.3. The lowest BCUT2D eigenvalue weighted by Gasteiger charge is -2.18. The third-order valence-corrected chi connectivity index (χ3v) is 14.1. The van der Waals surface area contributed by atoms with Crippen molar-refractivity contribution in [1.82, 2.24) is 0 Å². The van der Waals surface area contributed by atoms with E-state index < -0.39 is 6.10 Å². The summed E-state index contributed by atoms with van der Waals surface area (Å²) in [4.78, 5) is 38.3. The zero-order valence-corrected chi connectivity index (χ0v) is 47.8. The second-order valence-electron chi connectivity index (χ2n) is 21.3. The van der Waals surface area contributed by atoms with Gasteiger partial charge in [0.15, 0.2) is 6.10 Å². The molecule has 1 unspecified atom stereocenters. The molecule has 0 bridgehead atoms. The molecule has 0 aliphatic carbocycles. The van der Waals surface area contributed by atoms with Crippen LogP contribution in [-0.2, 0) is 28.6 Å². The Morgan fingerprint density at radius 3 is 0.704 bits per heavy atom. The Morgan fingerprint density at radius 1 is 0.268 bits per heavy atom. The molecule has 6 heteroatoms. The molecule has 0 fully saturated rings. The van der Waals surface area contributed by atoms with Crippen molar-refractivity contribution in [2.45, 2.75) is 348 Å². The Labute approximate surface area is 442 Å². The first-order chi connectivity index (χ1) is 35.0. The maximum atomic E-state index is 12.9. The van der Waals surface area contributed by atoms with Crippen molar-refractivity contribution in [3.8, 4) is 0 Å². The highest BCUT2D eigenvalue weighted by molar-refractivity contribution is 5.71. The largest absolute Gasteiger partial charge is 0.462 e. The third-order valence-electron chi connectivity index (χ3n) is 14.1. The highest BCUT2D eigenvalue weighted by Gasteiger charge is 2.19. The molecular formula is C65H120O6. The number of rotatable bonds is 58. The summed E-state index contributed by atoms with van der Waals surface area (Å²) in [5.74, 6) is -0.863. The van der Waals surface area contributed by atoms with Crippen LogP contribution in [0.1, 0.15) is 342 Å². The predicted molar refractivity (Wildman–Crippen MR) is 307 cm³/mol. The summed E-state index contributed by atoms with van der Waals surface area (Å²) in [5, 5.41) is 0. The molecule has 0 aliphatic rings. The first kappa shape index (κ1) is 68.6. The van der Waals surface area contributed by atoms with Crippen molar-refractivity contribution in [3.05, 3.63) is 36.5 Å². The van der Waals surface area contributed by atoms with Crippen molar-refractivity contribution in [2.75, 3.05) is 13.2 Å². The van der Waals surface area contributed by atoms with Crippen LogP contribution < -0.4 is 0 Å². The molecule has 0 aromatic carbocycles. The van der Waals surface area contributed by atoms with E-state index in [0.29, 0.717) is 19.3 Å². The highest BCUT2D eigenvalue weighted by atomic mass is 16.6. The third kappa shape index (κ3) is 58.4. The van der Waals surface area contributed by atoms with Crippen molar-refractivity contribution in [1.29, 1.82) is 0 Å². The van der Waals surface area contributed by atoms with Crippen LogP contribution in [0, 0.1) is 0 Å². The van der Waals surface area contributed by atoms with Gasteiger partial charge in [-0.1, -0.05) is 263 Å². The van der Waals surface area contributed by atoms with E-state index in [2.05, 4.69) is 57.2 Å². The van der Waals surface area contributed by atoms with Crippen molar-refractivity contribution in [2.24, 2.45) is 0 Å². The summed E-state index contributed by atoms with van der Waals surface area (Å²) >= 11 is 0. The van der Waals surface area contributed by atoms with E-state index in [9.17, 15) is 14.4 Å². The molecule has 0 spiro atoms. The summed E-state index contributed by atoms with van der Waals surface area (Å²) in [6.07, 6.45) is 72.8. The second kappa shape index (κ2) is 60.2. The number of esters is 3. The summed E-state index contributed by atoms with van der Waals surface area (Å²) in [6, 6.07) is 0. The average Bonchev–Trinajstić information content (AvgIpc) is 3.37. The zero-order valence-electron chi connectivity index (χ0n) is 47.8. The smallest absolute Gasteiger partial charge is 0.306 e. The predicted octanol–water partition coefficient (Wildman–Crippen LogP) is 21.2. The molecule has 0 aromatic heterocycles. The van der Waals surface area contributed by atoms with E-state index in [1.807, 2.05) is 0 Å². The molecular weight excluding hydrogens is 877 g/mol. The van der Waals surface area contributed by atoms with Crippen LogP contribution in [0.25, 0.3) is 0 Å². The molecule has 0 aliphatic heterocycles. The first-order valence-corrected chi connectivity index (χ1v) is 31.5. The number of ether oxygens (including phenoxy) is 3. The molecule has 6 nitrogen and oxygen atoms in total. The number of carbonyl (C=O) groups excluding carboxylic acids is 3. The topological polar surface area (TPSA) is 78.9 Å². The molecule has 0 saturated carbocycles. The minimum Gasteiger partial charge on any atom is -0.462 e. The van der Waals surface area contributed by atoms with Gasteiger partial charge in [-0.3, -0.25) is 14.4 Å². The SMILES string of the molecule is CCCCCCCC/C=C\CCCCCCCCCCCC(=O)OCC(COC(=O)CCCCCCCCC/C=C\CCCCCCCC)OC(=O)CCCCCCCCC/C=C\CCCCCCCC. The van der Waals surface area contributed by atoms with Gasteiger partial charge in [-0.05, 0) is 96.3 Å². The molecule has 71 heavy (non-hydrogen) atoms. The summed E-state index contributed by atoms with van der Waals surface area (Å²) in [5.41, 5.74) is 0. The van der Waals surface area contributed by atoms with Gasteiger partial charge in [0.05, 0.1) is 0 Å². The minimum atomic E-state index is -0.776. The summed E-state index contributed by atoms with van der Waals surface area (Å²) in [7, 11) is 0.